The van der Waals surface area contributed by atoms with Crippen molar-refractivity contribution in [3.8, 4) is 0 Å². The molecule has 0 N–H and O–H groups in total. The van der Waals surface area contributed by atoms with Gasteiger partial charge in [0.15, 0.2) is 0 Å². The first-order valence-electron chi connectivity index (χ1n) is 6.49. The normalized spacial score (nSPS) is 20.4. The molecule has 0 spiro atoms. The van der Waals surface area contributed by atoms with Gasteiger partial charge in [0.25, 0.3) is 5.91 Å². The summed E-state index contributed by atoms with van der Waals surface area (Å²) in [6, 6.07) is 1.61. The van der Waals surface area contributed by atoms with Crippen LogP contribution in [0.15, 0.2) is 6.07 Å². The summed E-state index contributed by atoms with van der Waals surface area (Å²) in [7, 11) is 0. The molecule has 1 amide bonds. The standard InChI is InChI=1S/C12H15ClN4O3/c13-9-7-10(17-3-6-20-8-11(17)18)15-12(14-9)16-1-4-19-5-2-16/h7H,1-6,8H2. The number of hydrogen-bond donors (Lipinski definition) is 0. The molecule has 20 heavy (non-hydrogen) atoms. The quantitative estimate of drug-likeness (QED) is 0.733. The van der Waals surface area contributed by atoms with Crippen LogP contribution in [-0.4, -0.2) is 61.9 Å². The summed E-state index contributed by atoms with van der Waals surface area (Å²) < 4.78 is 10.4. The third-order valence-electron chi connectivity index (χ3n) is 3.23. The van der Waals surface area contributed by atoms with Gasteiger partial charge in [-0.3, -0.25) is 9.69 Å². The van der Waals surface area contributed by atoms with E-state index >= 15 is 0 Å². The van der Waals surface area contributed by atoms with Crippen molar-refractivity contribution >= 4 is 29.3 Å². The molecule has 7 nitrogen and oxygen atoms in total. The van der Waals surface area contributed by atoms with Gasteiger partial charge in [0.1, 0.15) is 17.6 Å². The molecule has 2 fully saturated rings. The molecule has 3 heterocycles. The molecule has 0 bridgehead atoms. The highest BCUT2D eigenvalue weighted by Gasteiger charge is 2.23. The van der Waals surface area contributed by atoms with Gasteiger partial charge in [0.05, 0.1) is 26.4 Å². The fraction of sp³-hybridized carbons (Fsp3) is 0.583. The van der Waals surface area contributed by atoms with E-state index in [1.54, 1.807) is 11.0 Å². The van der Waals surface area contributed by atoms with E-state index in [-0.39, 0.29) is 12.5 Å². The van der Waals surface area contributed by atoms with E-state index in [0.29, 0.717) is 43.3 Å². The van der Waals surface area contributed by atoms with Crippen molar-refractivity contribution in [2.24, 2.45) is 0 Å². The van der Waals surface area contributed by atoms with Crippen LogP contribution in [0.4, 0.5) is 11.8 Å². The van der Waals surface area contributed by atoms with E-state index in [9.17, 15) is 4.79 Å². The zero-order valence-corrected chi connectivity index (χ0v) is 11.7. The van der Waals surface area contributed by atoms with Crippen molar-refractivity contribution in [3.63, 3.8) is 0 Å². The molecule has 0 aromatic carbocycles. The number of carbonyl (C=O) groups is 1. The fourth-order valence-corrected chi connectivity index (χ4v) is 2.37. The molecule has 108 valence electrons. The molecule has 0 radical (unpaired) electrons. The number of amides is 1. The molecule has 2 aliphatic heterocycles. The zero-order chi connectivity index (χ0) is 13.9. The van der Waals surface area contributed by atoms with Crippen LogP contribution in [0.25, 0.3) is 0 Å². The summed E-state index contributed by atoms with van der Waals surface area (Å²) in [6.45, 7) is 3.78. The minimum Gasteiger partial charge on any atom is -0.378 e. The SMILES string of the molecule is O=C1COCCN1c1cc(Cl)nc(N2CCOCC2)n1. The maximum Gasteiger partial charge on any atom is 0.254 e. The zero-order valence-electron chi connectivity index (χ0n) is 10.9. The van der Waals surface area contributed by atoms with Crippen LogP contribution in [0, 0.1) is 0 Å². The Morgan fingerprint density at radius 1 is 1.10 bits per heavy atom. The maximum absolute atomic E-state index is 11.9. The number of carbonyl (C=O) groups excluding carboxylic acids is 1. The van der Waals surface area contributed by atoms with Crippen molar-refractivity contribution in [1.29, 1.82) is 0 Å². The van der Waals surface area contributed by atoms with Gasteiger partial charge < -0.3 is 14.4 Å². The second-order valence-corrected chi connectivity index (χ2v) is 4.93. The molecule has 3 rings (SSSR count). The number of nitrogens with zero attached hydrogens (tertiary/aromatic N) is 4. The average Bonchev–Trinajstić information content (AvgIpc) is 2.48. The lowest BCUT2D eigenvalue weighted by Gasteiger charge is -2.29. The van der Waals surface area contributed by atoms with Crippen molar-refractivity contribution in [1.82, 2.24) is 9.97 Å². The van der Waals surface area contributed by atoms with Crippen LogP contribution in [-0.2, 0) is 14.3 Å². The molecule has 0 unspecified atom stereocenters. The van der Waals surface area contributed by atoms with Crippen molar-refractivity contribution in [2.45, 2.75) is 0 Å². The Hall–Kier alpha value is -1.44. The minimum atomic E-state index is -0.112. The molecule has 2 aliphatic rings. The number of aromatic nitrogens is 2. The summed E-state index contributed by atoms with van der Waals surface area (Å²) in [6.07, 6.45) is 0. The fourth-order valence-electron chi connectivity index (χ4n) is 2.20. The summed E-state index contributed by atoms with van der Waals surface area (Å²) in [5, 5.41) is 0.329. The molecular formula is C12H15ClN4O3. The van der Waals surface area contributed by atoms with Crippen molar-refractivity contribution in [3.05, 3.63) is 11.2 Å². The summed E-state index contributed by atoms with van der Waals surface area (Å²) in [4.78, 5) is 24.1. The third kappa shape index (κ3) is 2.84. The Labute approximate surface area is 121 Å². The molecule has 0 saturated carbocycles. The lowest BCUT2D eigenvalue weighted by molar-refractivity contribution is -0.125. The van der Waals surface area contributed by atoms with Crippen LogP contribution in [0.3, 0.4) is 0 Å². The first-order valence-corrected chi connectivity index (χ1v) is 6.87. The summed E-state index contributed by atoms with van der Waals surface area (Å²) in [5.41, 5.74) is 0. The minimum absolute atomic E-state index is 0.0779. The lowest BCUT2D eigenvalue weighted by atomic mass is 10.4. The molecule has 0 atom stereocenters. The highest BCUT2D eigenvalue weighted by molar-refractivity contribution is 6.29. The van der Waals surface area contributed by atoms with Gasteiger partial charge in [-0.05, 0) is 0 Å². The summed E-state index contributed by atoms with van der Waals surface area (Å²) >= 11 is 6.06. The van der Waals surface area contributed by atoms with E-state index in [4.69, 9.17) is 21.1 Å². The van der Waals surface area contributed by atoms with Gasteiger partial charge in [-0.15, -0.1) is 0 Å². The number of halogens is 1. The number of ether oxygens (including phenoxy) is 2. The van der Waals surface area contributed by atoms with Gasteiger partial charge in [-0.1, -0.05) is 11.6 Å². The van der Waals surface area contributed by atoms with Crippen molar-refractivity contribution < 1.29 is 14.3 Å². The Bertz CT molecular complexity index is 507. The topological polar surface area (TPSA) is 67.8 Å². The smallest absolute Gasteiger partial charge is 0.254 e. The highest BCUT2D eigenvalue weighted by Crippen LogP contribution is 2.22. The van der Waals surface area contributed by atoms with Crippen LogP contribution < -0.4 is 9.80 Å². The average molecular weight is 299 g/mol. The van der Waals surface area contributed by atoms with E-state index in [2.05, 4.69) is 9.97 Å². The molecular weight excluding hydrogens is 284 g/mol. The van der Waals surface area contributed by atoms with Gasteiger partial charge in [0, 0.05) is 19.2 Å². The summed E-state index contributed by atoms with van der Waals surface area (Å²) in [5.74, 6) is 0.953. The van der Waals surface area contributed by atoms with Crippen molar-refractivity contribution in [2.75, 3.05) is 55.9 Å². The maximum atomic E-state index is 11.9. The van der Waals surface area contributed by atoms with Crippen LogP contribution >= 0.6 is 11.6 Å². The predicted molar refractivity (Wildman–Crippen MR) is 73.2 cm³/mol. The van der Waals surface area contributed by atoms with Gasteiger partial charge in [-0.2, -0.15) is 4.98 Å². The predicted octanol–water partition coefficient (Wildman–Crippen LogP) is 0.330. The Kier molecular flexibility index (Phi) is 4.00. The first kappa shape index (κ1) is 13.5. The van der Waals surface area contributed by atoms with E-state index in [0.717, 1.165) is 13.1 Å². The highest BCUT2D eigenvalue weighted by atomic mass is 35.5. The lowest BCUT2D eigenvalue weighted by Crippen LogP contribution is -2.43. The number of anilines is 2. The number of hydrogen-bond acceptors (Lipinski definition) is 6. The van der Waals surface area contributed by atoms with Crippen LogP contribution in [0.5, 0.6) is 0 Å². The Morgan fingerprint density at radius 3 is 2.60 bits per heavy atom. The Morgan fingerprint density at radius 2 is 1.85 bits per heavy atom. The number of rotatable bonds is 2. The molecule has 0 aliphatic carbocycles. The molecule has 1 aromatic heterocycles. The van der Waals surface area contributed by atoms with E-state index in [1.807, 2.05) is 4.90 Å². The van der Waals surface area contributed by atoms with Crippen LogP contribution in [0.2, 0.25) is 5.15 Å². The first-order chi connectivity index (χ1) is 9.74. The van der Waals surface area contributed by atoms with Gasteiger partial charge in [0.2, 0.25) is 5.95 Å². The van der Waals surface area contributed by atoms with Crippen LogP contribution in [0.1, 0.15) is 0 Å². The monoisotopic (exact) mass is 298 g/mol. The number of morpholine rings is 2. The molecule has 8 heteroatoms. The molecule has 2 saturated heterocycles. The van der Waals surface area contributed by atoms with E-state index in [1.165, 1.54) is 0 Å². The second-order valence-electron chi connectivity index (χ2n) is 4.55. The van der Waals surface area contributed by atoms with E-state index < -0.39 is 0 Å². The second kappa shape index (κ2) is 5.90. The third-order valence-corrected chi connectivity index (χ3v) is 3.42. The molecule has 1 aromatic rings. The van der Waals surface area contributed by atoms with Gasteiger partial charge in [-0.25, -0.2) is 4.98 Å². The van der Waals surface area contributed by atoms with Gasteiger partial charge >= 0.3 is 0 Å². The Balaban J connectivity index is 1.87. The largest absolute Gasteiger partial charge is 0.378 e.